The van der Waals surface area contributed by atoms with Gasteiger partial charge in [-0.25, -0.2) is 8.42 Å². The Morgan fingerprint density at radius 1 is 1.11 bits per heavy atom. The summed E-state index contributed by atoms with van der Waals surface area (Å²) in [5, 5.41) is 2.65. The van der Waals surface area contributed by atoms with E-state index in [0.717, 1.165) is 17.4 Å². The number of fused-ring (bicyclic) bond motifs is 1. The van der Waals surface area contributed by atoms with Gasteiger partial charge in [-0.1, -0.05) is 31.2 Å². The van der Waals surface area contributed by atoms with Crippen molar-refractivity contribution < 1.29 is 27.5 Å². The minimum absolute atomic E-state index is 0.0901. The molecule has 3 rings (SSSR count). The van der Waals surface area contributed by atoms with Crippen molar-refractivity contribution in [3.05, 3.63) is 53.6 Å². The van der Waals surface area contributed by atoms with Gasteiger partial charge in [0.15, 0.2) is 11.5 Å². The summed E-state index contributed by atoms with van der Waals surface area (Å²) in [6.07, 6.45) is 1.97. The SMILES string of the molecule is CC[C@H](C(=O)NC)N(Cc1ccccc1C)C(=O)CCCN(c1ccc2c(c1)OCO2)S(C)(=O)=O. The van der Waals surface area contributed by atoms with Gasteiger partial charge in [-0.3, -0.25) is 13.9 Å². The van der Waals surface area contributed by atoms with E-state index in [2.05, 4.69) is 5.32 Å². The zero-order chi connectivity index (χ0) is 25.6. The molecule has 1 atom stereocenters. The Hall–Kier alpha value is -3.27. The summed E-state index contributed by atoms with van der Waals surface area (Å²) in [4.78, 5) is 27.5. The molecular formula is C25H33N3O6S. The first kappa shape index (κ1) is 26.3. The zero-order valence-electron chi connectivity index (χ0n) is 20.6. The maximum atomic E-state index is 13.3. The molecule has 0 aliphatic carbocycles. The van der Waals surface area contributed by atoms with E-state index in [1.54, 1.807) is 30.1 Å². The highest BCUT2D eigenvalue weighted by Crippen LogP contribution is 2.36. The van der Waals surface area contributed by atoms with Gasteiger partial charge < -0.3 is 19.7 Å². The Balaban J connectivity index is 1.75. The molecular weight excluding hydrogens is 470 g/mol. The molecule has 0 fully saturated rings. The molecule has 190 valence electrons. The molecule has 0 saturated heterocycles. The van der Waals surface area contributed by atoms with Crippen molar-refractivity contribution in [3.63, 3.8) is 0 Å². The number of sulfonamides is 1. The van der Waals surface area contributed by atoms with Crippen LogP contribution >= 0.6 is 0 Å². The first-order valence-corrected chi connectivity index (χ1v) is 13.4. The van der Waals surface area contributed by atoms with Crippen molar-refractivity contribution in [2.24, 2.45) is 0 Å². The number of ether oxygens (including phenoxy) is 2. The van der Waals surface area contributed by atoms with Gasteiger partial charge >= 0.3 is 0 Å². The second-order valence-electron chi connectivity index (χ2n) is 8.46. The fourth-order valence-corrected chi connectivity index (χ4v) is 5.06. The highest BCUT2D eigenvalue weighted by molar-refractivity contribution is 7.92. The van der Waals surface area contributed by atoms with Gasteiger partial charge in [-0.15, -0.1) is 0 Å². The lowest BCUT2D eigenvalue weighted by atomic mass is 10.1. The highest BCUT2D eigenvalue weighted by Gasteiger charge is 2.29. The maximum Gasteiger partial charge on any atom is 0.242 e. The lowest BCUT2D eigenvalue weighted by Crippen LogP contribution is -2.48. The number of carbonyl (C=O) groups excluding carboxylic acids is 2. The third-order valence-electron chi connectivity index (χ3n) is 6.03. The van der Waals surface area contributed by atoms with E-state index >= 15 is 0 Å². The molecule has 0 aromatic heterocycles. The van der Waals surface area contributed by atoms with Crippen LogP contribution in [0.1, 0.15) is 37.3 Å². The van der Waals surface area contributed by atoms with Crippen LogP contribution in [0.4, 0.5) is 5.69 Å². The van der Waals surface area contributed by atoms with Crippen molar-refractivity contribution >= 4 is 27.5 Å². The molecule has 2 aromatic carbocycles. The molecule has 0 saturated carbocycles. The summed E-state index contributed by atoms with van der Waals surface area (Å²) in [5.41, 5.74) is 2.43. The van der Waals surface area contributed by atoms with Crippen LogP contribution in [-0.4, -0.2) is 57.8 Å². The number of amides is 2. The normalized spacial score (nSPS) is 13.3. The molecule has 1 N–H and O–H groups in total. The van der Waals surface area contributed by atoms with Gasteiger partial charge in [0.25, 0.3) is 0 Å². The van der Waals surface area contributed by atoms with Crippen LogP contribution in [0.2, 0.25) is 0 Å². The molecule has 1 aliphatic heterocycles. The number of hydrogen-bond donors (Lipinski definition) is 1. The van der Waals surface area contributed by atoms with E-state index in [9.17, 15) is 18.0 Å². The maximum absolute atomic E-state index is 13.3. The number of hydrogen-bond acceptors (Lipinski definition) is 6. The number of nitrogens with one attached hydrogen (secondary N) is 1. The average Bonchev–Trinajstić information content (AvgIpc) is 3.29. The topological polar surface area (TPSA) is 105 Å². The zero-order valence-corrected chi connectivity index (χ0v) is 21.4. The summed E-state index contributed by atoms with van der Waals surface area (Å²) in [6.45, 7) is 4.33. The molecule has 0 radical (unpaired) electrons. The number of likely N-dealkylation sites (N-methyl/N-ethyl adjacent to an activating group) is 1. The van der Waals surface area contributed by atoms with Gasteiger partial charge in [0.1, 0.15) is 6.04 Å². The quantitative estimate of drug-likeness (QED) is 0.506. The van der Waals surface area contributed by atoms with E-state index in [0.29, 0.717) is 30.2 Å². The Morgan fingerprint density at radius 3 is 2.49 bits per heavy atom. The van der Waals surface area contributed by atoms with Crippen molar-refractivity contribution in [1.29, 1.82) is 0 Å². The molecule has 10 heteroatoms. The fraction of sp³-hybridized carbons (Fsp3) is 0.440. The molecule has 9 nitrogen and oxygen atoms in total. The highest BCUT2D eigenvalue weighted by atomic mass is 32.2. The first-order valence-electron chi connectivity index (χ1n) is 11.6. The van der Waals surface area contributed by atoms with Crippen molar-refractivity contribution in [2.75, 3.05) is 30.9 Å². The van der Waals surface area contributed by atoms with Crippen LogP contribution in [0.5, 0.6) is 11.5 Å². The van der Waals surface area contributed by atoms with E-state index in [4.69, 9.17) is 9.47 Å². The molecule has 1 aliphatic rings. The number of aryl methyl sites for hydroxylation is 1. The molecule has 1 heterocycles. The largest absolute Gasteiger partial charge is 0.454 e. The second-order valence-corrected chi connectivity index (χ2v) is 10.4. The second kappa shape index (κ2) is 11.4. The molecule has 0 unspecified atom stereocenters. The third kappa shape index (κ3) is 6.45. The third-order valence-corrected chi connectivity index (χ3v) is 7.22. The summed E-state index contributed by atoms with van der Waals surface area (Å²) >= 11 is 0. The molecule has 2 amide bonds. The van der Waals surface area contributed by atoms with Crippen LogP contribution in [0.15, 0.2) is 42.5 Å². The Kier molecular flexibility index (Phi) is 8.61. The lowest BCUT2D eigenvalue weighted by molar-refractivity contribution is -0.141. The predicted molar refractivity (Wildman–Crippen MR) is 134 cm³/mol. The van der Waals surface area contributed by atoms with Gasteiger partial charge in [-0.05, 0) is 43.0 Å². The van der Waals surface area contributed by atoms with Crippen LogP contribution in [0, 0.1) is 6.92 Å². The van der Waals surface area contributed by atoms with E-state index in [1.165, 1.54) is 4.31 Å². The smallest absolute Gasteiger partial charge is 0.242 e. The molecule has 2 aromatic rings. The van der Waals surface area contributed by atoms with Gasteiger partial charge in [0.2, 0.25) is 28.6 Å². The van der Waals surface area contributed by atoms with Crippen LogP contribution in [0.3, 0.4) is 0 Å². The Labute approximate surface area is 207 Å². The number of benzene rings is 2. The number of carbonyl (C=O) groups is 2. The Bertz CT molecular complexity index is 1170. The predicted octanol–water partition coefficient (Wildman–Crippen LogP) is 2.82. The molecule has 0 bridgehead atoms. The first-order chi connectivity index (χ1) is 16.7. The van der Waals surface area contributed by atoms with E-state index in [-0.39, 0.29) is 38.0 Å². The monoisotopic (exact) mass is 503 g/mol. The summed E-state index contributed by atoms with van der Waals surface area (Å²) in [5.74, 6) is 0.604. The fourth-order valence-electron chi connectivity index (χ4n) is 4.10. The van der Waals surface area contributed by atoms with Crippen molar-refractivity contribution in [2.45, 2.75) is 45.7 Å². The standard InChI is InChI=1S/C25H33N3O6S/c1-5-21(25(30)26-3)27(16-19-10-7-6-9-18(19)2)24(29)11-8-14-28(35(4,31)32)20-12-13-22-23(15-20)34-17-33-22/h6-7,9-10,12-13,15,21H,5,8,11,14,16-17H2,1-4H3,(H,26,30)/t21-/m1/s1. The van der Waals surface area contributed by atoms with Gasteiger partial charge in [0, 0.05) is 32.6 Å². The summed E-state index contributed by atoms with van der Waals surface area (Å²) < 4.78 is 36.9. The van der Waals surface area contributed by atoms with Gasteiger partial charge in [0.05, 0.1) is 11.9 Å². The van der Waals surface area contributed by atoms with E-state index in [1.807, 2.05) is 38.1 Å². The number of rotatable bonds is 11. The van der Waals surface area contributed by atoms with Crippen molar-refractivity contribution in [3.8, 4) is 11.5 Å². The average molecular weight is 504 g/mol. The molecule has 35 heavy (non-hydrogen) atoms. The lowest BCUT2D eigenvalue weighted by Gasteiger charge is -2.31. The summed E-state index contributed by atoms with van der Waals surface area (Å²) in [6, 6.07) is 12.1. The Morgan fingerprint density at radius 2 is 1.83 bits per heavy atom. The number of anilines is 1. The minimum atomic E-state index is -3.60. The van der Waals surface area contributed by atoms with E-state index < -0.39 is 16.1 Å². The van der Waals surface area contributed by atoms with Crippen LogP contribution in [0.25, 0.3) is 0 Å². The van der Waals surface area contributed by atoms with Crippen molar-refractivity contribution in [1.82, 2.24) is 10.2 Å². The number of nitrogens with zero attached hydrogens (tertiary/aromatic N) is 2. The van der Waals surface area contributed by atoms with Crippen LogP contribution in [-0.2, 0) is 26.2 Å². The minimum Gasteiger partial charge on any atom is -0.454 e. The molecule has 0 spiro atoms. The van der Waals surface area contributed by atoms with Gasteiger partial charge in [-0.2, -0.15) is 0 Å². The summed E-state index contributed by atoms with van der Waals surface area (Å²) in [7, 11) is -2.05. The van der Waals surface area contributed by atoms with Crippen LogP contribution < -0.4 is 19.1 Å².